The summed E-state index contributed by atoms with van der Waals surface area (Å²) in [6.45, 7) is 6.62. The smallest absolute Gasteiger partial charge is 0.243 e. The number of carbonyl (C=O) groups is 1. The highest BCUT2D eigenvalue weighted by Gasteiger charge is 2.43. The van der Waals surface area contributed by atoms with Crippen LogP contribution in [0, 0.1) is 5.92 Å². The predicted molar refractivity (Wildman–Crippen MR) is 92.5 cm³/mol. The monoisotopic (exact) mass is 309 g/mol. The van der Waals surface area contributed by atoms with Crippen molar-refractivity contribution in [3.63, 3.8) is 0 Å². The van der Waals surface area contributed by atoms with E-state index in [9.17, 15) is 4.79 Å². The molecule has 4 nitrogen and oxygen atoms in total. The van der Waals surface area contributed by atoms with Crippen LogP contribution >= 0.6 is 0 Å². The van der Waals surface area contributed by atoms with E-state index < -0.39 is 0 Å². The molecule has 0 radical (unpaired) electrons. The summed E-state index contributed by atoms with van der Waals surface area (Å²) in [6.07, 6.45) is 4.34. The van der Waals surface area contributed by atoms with Crippen molar-refractivity contribution in [2.75, 3.05) is 0 Å². The van der Waals surface area contributed by atoms with Crippen molar-refractivity contribution in [1.29, 1.82) is 0 Å². The first kappa shape index (κ1) is 15.5. The molecule has 3 rings (SSSR count). The van der Waals surface area contributed by atoms with E-state index in [0.717, 1.165) is 12.1 Å². The van der Waals surface area contributed by atoms with Crippen molar-refractivity contribution in [3.8, 4) is 0 Å². The molecule has 1 amide bonds. The zero-order valence-electron chi connectivity index (χ0n) is 13.8. The molecule has 120 valence electrons. The first-order chi connectivity index (χ1) is 10.9. The summed E-state index contributed by atoms with van der Waals surface area (Å²) in [7, 11) is 0. The second-order valence-electron chi connectivity index (χ2n) is 7.18. The van der Waals surface area contributed by atoms with Crippen molar-refractivity contribution < 1.29 is 4.79 Å². The second-order valence-corrected chi connectivity index (χ2v) is 7.18. The number of rotatable bonds is 4. The molecule has 2 N–H and O–H groups in total. The maximum absolute atomic E-state index is 12.1. The lowest BCUT2D eigenvalue weighted by Gasteiger charge is -2.19. The van der Waals surface area contributed by atoms with Gasteiger partial charge in [0, 0.05) is 12.1 Å². The number of hydrogen-bond acceptors (Lipinski definition) is 2. The average molecular weight is 309 g/mol. The highest BCUT2D eigenvalue weighted by Crippen LogP contribution is 2.47. The minimum absolute atomic E-state index is 0.00213. The SMILES string of the molecule is CC(C)(C)c1ccc(C2CC2C(=O)N/N=C\c2ccc[nH]2)cc1. The maximum atomic E-state index is 12.1. The summed E-state index contributed by atoms with van der Waals surface area (Å²) in [4.78, 5) is 15.1. The van der Waals surface area contributed by atoms with Gasteiger partial charge in [0.05, 0.1) is 11.9 Å². The van der Waals surface area contributed by atoms with Gasteiger partial charge in [0.25, 0.3) is 0 Å². The van der Waals surface area contributed by atoms with Crippen LogP contribution in [0.3, 0.4) is 0 Å². The Hall–Kier alpha value is -2.36. The summed E-state index contributed by atoms with van der Waals surface area (Å²) < 4.78 is 0. The van der Waals surface area contributed by atoms with Gasteiger partial charge in [0.1, 0.15) is 0 Å². The van der Waals surface area contributed by atoms with Crippen LogP contribution < -0.4 is 5.43 Å². The lowest BCUT2D eigenvalue weighted by Crippen LogP contribution is -2.20. The number of aromatic nitrogens is 1. The summed E-state index contributed by atoms with van der Waals surface area (Å²) in [5.41, 5.74) is 6.22. The minimum Gasteiger partial charge on any atom is -0.360 e. The predicted octanol–water partition coefficient (Wildman–Crippen LogP) is 3.57. The van der Waals surface area contributed by atoms with E-state index in [4.69, 9.17) is 0 Å². The number of amides is 1. The van der Waals surface area contributed by atoms with Gasteiger partial charge >= 0.3 is 0 Å². The first-order valence-electron chi connectivity index (χ1n) is 8.02. The fourth-order valence-electron chi connectivity index (χ4n) is 2.76. The Balaban J connectivity index is 1.55. The molecular weight excluding hydrogens is 286 g/mol. The summed E-state index contributed by atoms with van der Waals surface area (Å²) in [5, 5.41) is 3.99. The quantitative estimate of drug-likeness (QED) is 0.658. The van der Waals surface area contributed by atoms with Gasteiger partial charge in [-0.15, -0.1) is 0 Å². The van der Waals surface area contributed by atoms with Gasteiger partial charge < -0.3 is 4.98 Å². The normalized spacial score (nSPS) is 20.7. The average Bonchev–Trinajstić information content (AvgIpc) is 3.15. The minimum atomic E-state index is -0.00213. The molecule has 0 spiro atoms. The molecule has 0 saturated heterocycles. The summed E-state index contributed by atoms with van der Waals surface area (Å²) >= 11 is 0. The van der Waals surface area contributed by atoms with Crippen molar-refractivity contribution in [2.24, 2.45) is 11.0 Å². The van der Waals surface area contributed by atoms with Gasteiger partial charge in [-0.05, 0) is 41.0 Å². The van der Waals surface area contributed by atoms with Crippen LogP contribution in [0.15, 0.2) is 47.7 Å². The maximum Gasteiger partial charge on any atom is 0.243 e. The van der Waals surface area contributed by atoms with E-state index in [2.05, 4.69) is 60.5 Å². The largest absolute Gasteiger partial charge is 0.360 e. The standard InChI is InChI=1S/C19H23N3O/c1-19(2,3)14-8-6-13(7-9-14)16-11-17(16)18(23)22-21-12-15-5-4-10-20-15/h4-10,12,16-17,20H,11H2,1-3H3,(H,22,23)/b21-12-. The Kier molecular flexibility index (Phi) is 4.07. The Labute approximate surface area is 137 Å². The Morgan fingerprint density at radius 2 is 2.00 bits per heavy atom. The van der Waals surface area contributed by atoms with Gasteiger partial charge in [-0.2, -0.15) is 5.10 Å². The van der Waals surface area contributed by atoms with Crippen molar-refractivity contribution in [2.45, 2.75) is 38.5 Å². The molecule has 0 aliphatic heterocycles. The van der Waals surface area contributed by atoms with Crippen LogP contribution in [0.1, 0.15) is 49.9 Å². The summed E-state index contributed by atoms with van der Waals surface area (Å²) in [5.74, 6) is 0.360. The van der Waals surface area contributed by atoms with E-state index in [1.54, 1.807) is 6.21 Å². The zero-order chi connectivity index (χ0) is 16.4. The molecule has 4 heteroatoms. The fraction of sp³-hybridized carbons (Fsp3) is 0.368. The molecule has 1 aliphatic carbocycles. The number of H-pyrrole nitrogens is 1. The number of aromatic amines is 1. The van der Waals surface area contributed by atoms with E-state index in [1.807, 2.05) is 18.3 Å². The molecule has 1 saturated carbocycles. The summed E-state index contributed by atoms with van der Waals surface area (Å²) in [6, 6.07) is 12.4. The van der Waals surface area contributed by atoms with Crippen LogP contribution in [0.25, 0.3) is 0 Å². The highest BCUT2D eigenvalue weighted by atomic mass is 16.2. The van der Waals surface area contributed by atoms with Crippen LogP contribution in [0.2, 0.25) is 0 Å². The van der Waals surface area contributed by atoms with Crippen LogP contribution in [0.4, 0.5) is 0 Å². The van der Waals surface area contributed by atoms with Crippen LogP contribution in [0.5, 0.6) is 0 Å². The van der Waals surface area contributed by atoms with Gasteiger partial charge in [-0.25, -0.2) is 5.43 Å². The number of hydrogen-bond donors (Lipinski definition) is 2. The van der Waals surface area contributed by atoms with Gasteiger partial charge in [0.15, 0.2) is 0 Å². The van der Waals surface area contributed by atoms with Gasteiger partial charge in [-0.1, -0.05) is 45.0 Å². The Morgan fingerprint density at radius 1 is 1.26 bits per heavy atom. The van der Waals surface area contributed by atoms with Crippen molar-refractivity contribution >= 4 is 12.1 Å². The lowest BCUT2D eigenvalue weighted by atomic mass is 9.86. The number of nitrogens with zero attached hydrogens (tertiary/aromatic N) is 1. The molecule has 2 unspecified atom stereocenters. The molecular formula is C19H23N3O. The highest BCUT2D eigenvalue weighted by molar-refractivity contribution is 5.84. The molecule has 2 atom stereocenters. The van der Waals surface area contributed by atoms with E-state index in [0.29, 0.717) is 5.92 Å². The third-order valence-corrected chi connectivity index (χ3v) is 4.33. The van der Waals surface area contributed by atoms with Crippen molar-refractivity contribution in [3.05, 3.63) is 59.4 Å². The zero-order valence-corrected chi connectivity index (χ0v) is 13.8. The third-order valence-electron chi connectivity index (χ3n) is 4.33. The fourth-order valence-corrected chi connectivity index (χ4v) is 2.76. The van der Waals surface area contributed by atoms with Gasteiger partial charge in [0.2, 0.25) is 5.91 Å². The lowest BCUT2D eigenvalue weighted by molar-refractivity contribution is -0.122. The molecule has 0 bridgehead atoms. The number of benzene rings is 1. The molecule has 1 heterocycles. The topological polar surface area (TPSA) is 57.2 Å². The van der Waals surface area contributed by atoms with Crippen LogP contribution in [-0.2, 0) is 10.2 Å². The third kappa shape index (κ3) is 3.70. The van der Waals surface area contributed by atoms with Crippen LogP contribution in [-0.4, -0.2) is 17.1 Å². The number of carbonyl (C=O) groups excluding carboxylic acids is 1. The molecule has 1 aromatic heterocycles. The van der Waals surface area contributed by atoms with E-state index in [-0.39, 0.29) is 17.2 Å². The molecule has 1 aliphatic rings. The Morgan fingerprint density at radius 3 is 2.61 bits per heavy atom. The molecule has 1 fully saturated rings. The van der Waals surface area contributed by atoms with Crippen molar-refractivity contribution in [1.82, 2.24) is 10.4 Å². The molecule has 1 aromatic carbocycles. The van der Waals surface area contributed by atoms with E-state index in [1.165, 1.54) is 11.1 Å². The number of nitrogens with one attached hydrogen (secondary N) is 2. The van der Waals surface area contributed by atoms with E-state index >= 15 is 0 Å². The Bertz CT molecular complexity index is 693. The number of hydrazone groups is 1. The van der Waals surface area contributed by atoms with Gasteiger partial charge in [-0.3, -0.25) is 4.79 Å². The molecule has 2 aromatic rings. The molecule has 23 heavy (non-hydrogen) atoms. The second kappa shape index (κ2) is 6.03. The first-order valence-corrected chi connectivity index (χ1v) is 8.02.